The maximum atomic E-state index is 7.64. The first kappa shape index (κ1) is 7.29. The van der Waals surface area contributed by atoms with Crippen LogP contribution in [0.4, 0.5) is 0 Å². The Kier molecular flexibility index (Phi) is 1.53. The first-order valence-electron chi connectivity index (χ1n) is 4.52. The van der Waals surface area contributed by atoms with Gasteiger partial charge in [0.1, 0.15) is 0 Å². The smallest absolute Gasteiger partial charge is 0.0233 e. The summed E-state index contributed by atoms with van der Waals surface area (Å²) in [5.74, 6) is 0. The number of hydrogen-bond acceptors (Lipinski definition) is 2. The molecule has 0 aromatic rings. The average Bonchev–Trinajstić information content (AvgIpc) is 2.28. The molecule has 2 fully saturated rings. The van der Waals surface area contributed by atoms with E-state index in [1.165, 1.54) is 19.4 Å². The van der Waals surface area contributed by atoms with E-state index in [1.54, 1.807) is 0 Å². The van der Waals surface area contributed by atoms with Crippen molar-refractivity contribution in [1.29, 1.82) is 5.41 Å². The van der Waals surface area contributed by atoms with Gasteiger partial charge >= 0.3 is 0 Å². The number of piperidine rings is 1. The Hall–Kier alpha value is -0.370. The van der Waals surface area contributed by atoms with E-state index in [2.05, 4.69) is 11.8 Å². The summed E-state index contributed by atoms with van der Waals surface area (Å²) in [6.45, 7) is 4.72. The molecule has 2 heterocycles. The van der Waals surface area contributed by atoms with E-state index < -0.39 is 0 Å². The van der Waals surface area contributed by atoms with Gasteiger partial charge in [0, 0.05) is 24.2 Å². The van der Waals surface area contributed by atoms with Crippen LogP contribution in [0.5, 0.6) is 0 Å². The van der Waals surface area contributed by atoms with Crippen molar-refractivity contribution in [2.75, 3.05) is 13.1 Å². The summed E-state index contributed by atoms with van der Waals surface area (Å²) in [5, 5.41) is 7.64. The number of rotatable bonds is 0. The zero-order chi connectivity index (χ0) is 7.90. The summed E-state index contributed by atoms with van der Waals surface area (Å²) in [6, 6.07) is 0. The van der Waals surface area contributed by atoms with Gasteiger partial charge in [-0.2, -0.15) is 0 Å². The predicted molar refractivity (Wildman–Crippen MR) is 46.2 cm³/mol. The Morgan fingerprint density at radius 1 is 1.45 bits per heavy atom. The molecular weight excluding hydrogens is 136 g/mol. The summed E-state index contributed by atoms with van der Waals surface area (Å²) in [7, 11) is 0. The second-order valence-corrected chi connectivity index (χ2v) is 4.12. The molecule has 0 aliphatic carbocycles. The Morgan fingerprint density at radius 2 is 2.27 bits per heavy atom. The van der Waals surface area contributed by atoms with E-state index >= 15 is 0 Å². The summed E-state index contributed by atoms with van der Waals surface area (Å²) < 4.78 is 0. The van der Waals surface area contributed by atoms with Crippen molar-refractivity contribution >= 4 is 5.71 Å². The van der Waals surface area contributed by atoms with Gasteiger partial charge in [0.15, 0.2) is 0 Å². The van der Waals surface area contributed by atoms with Crippen molar-refractivity contribution in [1.82, 2.24) is 4.90 Å². The minimum atomic E-state index is 0.370. The first-order chi connectivity index (χ1) is 5.21. The molecule has 2 aliphatic heterocycles. The van der Waals surface area contributed by atoms with Gasteiger partial charge in [-0.3, -0.25) is 4.90 Å². The molecule has 2 saturated heterocycles. The van der Waals surface area contributed by atoms with Crippen LogP contribution in [0.2, 0.25) is 0 Å². The van der Waals surface area contributed by atoms with Crippen LogP contribution in [-0.4, -0.2) is 29.2 Å². The Morgan fingerprint density at radius 3 is 3.09 bits per heavy atom. The summed E-state index contributed by atoms with van der Waals surface area (Å²) >= 11 is 0. The third-order valence-corrected chi connectivity index (χ3v) is 3.18. The molecule has 0 radical (unpaired) electrons. The molecular formula is C9H16N2. The SMILES string of the molecule is CC12CCCN1CCC(=N)C2. The summed E-state index contributed by atoms with van der Waals surface area (Å²) in [6.07, 6.45) is 4.67. The topological polar surface area (TPSA) is 27.1 Å². The molecule has 1 N–H and O–H groups in total. The molecule has 1 atom stereocenters. The molecule has 1 unspecified atom stereocenters. The molecule has 0 amide bonds. The van der Waals surface area contributed by atoms with E-state index in [0.29, 0.717) is 5.54 Å². The van der Waals surface area contributed by atoms with E-state index in [0.717, 1.165) is 25.1 Å². The van der Waals surface area contributed by atoms with Crippen LogP contribution in [0.1, 0.15) is 32.6 Å². The minimum absolute atomic E-state index is 0.370. The molecule has 11 heavy (non-hydrogen) atoms. The van der Waals surface area contributed by atoms with E-state index in [4.69, 9.17) is 5.41 Å². The quantitative estimate of drug-likeness (QED) is 0.561. The van der Waals surface area contributed by atoms with Crippen molar-refractivity contribution in [3.05, 3.63) is 0 Å². The average molecular weight is 152 g/mol. The number of nitrogens with one attached hydrogen (secondary N) is 1. The van der Waals surface area contributed by atoms with Gasteiger partial charge in [-0.05, 0) is 32.7 Å². The molecule has 0 bridgehead atoms. The Bertz CT molecular complexity index is 188. The predicted octanol–water partition coefficient (Wildman–Crippen LogP) is 1.65. The number of nitrogens with zero attached hydrogens (tertiary/aromatic N) is 1. The third-order valence-electron chi connectivity index (χ3n) is 3.18. The van der Waals surface area contributed by atoms with Crippen molar-refractivity contribution < 1.29 is 0 Å². The monoisotopic (exact) mass is 152 g/mol. The van der Waals surface area contributed by atoms with Crippen LogP contribution in [0.15, 0.2) is 0 Å². The minimum Gasteiger partial charge on any atom is -0.310 e. The Labute approximate surface area is 68.1 Å². The fraction of sp³-hybridized carbons (Fsp3) is 0.889. The third kappa shape index (κ3) is 1.09. The van der Waals surface area contributed by atoms with E-state index in [1.807, 2.05) is 0 Å². The lowest BCUT2D eigenvalue weighted by molar-refractivity contribution is 0.152. The lowest BCUT2D eigenvalue weighted by Gasteiger charge is -2.39. The highest BCUT2D eigenvalue weighted by molar-refractivity contribution is 5.83. The molecule has 2 aliphatic rings. The fourth-order valence-electron chi connectivity index (χ4n) is 2.48. The lowest BCUT2D eigenvalue weighted by Crippen LogP contribution is -2.47. The second-order valence-electron chi connectivity index (χ2n) is 4.12. The molecule has 0 aromatic heterocycles. The van der Waals surface area contributed by atoms with Gasteiger partial charge in [-0.1, -0.05) is 0 Å². The van der Waals surface area contributed by atoms with Crippen LogP contribution < -0.4 is 0 Å². The molecule has 62 valence electrons. The van der Waals surface area contributed by atoms with Gasteiger partial charge in [0.05, 0.1) is 0 Å². The van der Waals surface area contributed by atoms with Crippen LogP contribution >= 0.6 is 0 Å². The van der Waals surface area contributed by atoms with Crippen molar-refractivity contribution in [3.63, 3.8) is 0 Å². The first-order valence-corrected chi connectivity index (χ1v) is 4.52. The standard InChI is InChI=1S/C9H16N2/c1-9-4-2-5-11(9)6-3-8(10)7-9/h10H,2-7H2,1H3. The molecule has 0 aromatic carbocycles. The highest BCUT2D eigenvalue weighted by Crippen LogP contribution is 2.35. The van der Waals surface area contributed by atoms with Crippen LogP contribution in [0.3, 0.4) is 0 Å². The summed E-state index contributed by atoms with van der Waals surface area (Å²) in [5.41, 5.74) is 1.33. The maximum Gasteiger partial charge on any atom is 0.0233 e. The maximum absolute atomic E-state index is 7.64. The van der Waals surface area contributed by atoms with Crippen LogP contribution in [0, 0.1) is 5.41 Å². The van der Waals surface area contributed by atoms with Gasteiger partial charge in [0.2, 0.25) is 0 Å². The molecule has 2 heteroatoms. The highest BCUT2D eigenvalue weighted by atomic mass is 15.2. The Balaban J connectivity index is 2.16. The van der Waals surface area contributed by atoms with Gasteiger partial charge < -0.3 is 5.41 Å². The van der Waals surface area contributed by atoms with Crippen molar-refractivity contribution in [3.8, 4) is 0 Å². The number of hydrogen-bond donors (Lipinski definition) is 1. The molecule has 0 spiro atoms. The zero-order valence-electron chi connectivity index (χ0n) is 7.19. The second kappa shape index (κ2) is 2.31. The molecule has 2 nitrogen and oxygen atoms in total. The molecule has 0 saturated carbocycles. The van der Waals surface area contributed by atoms with Crippen molar-refractivity contribution in [2.45, 2.75) is 38.1 Å². The molecule has 2 rings (SSSR count). The van der Waals surface area contributed by atoms with Gasteiger partial charge in [0.25, 0.3) is 0 Å². The largest absolute Gasteiger partial charge is 0.310 e. The van der Waals surface area contributed by atoms with Crippen LogP contribution in [-0.2, 0) is 0 Å². The van der Waals surface area contributed by atoms with E-state index in [-0.39, 0.29) is 0 Å². The fourth-order valence-corrected chi connectivity index (χ4v) is 2.48. The normalized spacial score (nSPS) is 39.2. The highest BCUT2D eigenvalue weighted by Gasteiger charge is 2.39. The van der Waals surface area contributed by atoms with E-state index in [9.17, 15) is 0 Å². The van der Waals surface area contributed by atoms with Crippen molar-refractivity contribution in [2.24, 2.45) is 0 Å². The lowest BCUT2D eigenvalue weighted by atomic mass is 9.87. The van der Waals surface area contributed by atoms with Gasteiger partial charge in [-0.15, -0.1) is 0 Å². The van der Waals surface area contributed by atoms with Crippen LogP contribution in [0.25, 0.3) is 0 Å². The summed E-state index contributed by atoms with van der Waals surface area (Å²) in [4.78, 5) is 2.56. The van der Waals surface area contributed by atoms with Gasteiger partial charge in [-0.25, -0.2) is 0 Å². The number of fused-ring (bicyclic) bond motifs is 1. The zero-order valence-corrected chi connectivity index (χ0v) is 7.19.